The molecule has 1 amide bonds. The van der Waals surface area contributed by atoms with Gasteiger partial charge in [-0.3, -0.25) is 4.79 Å². The molecule has 0 spiro atoms. The first-order valence-electron chi connectivity index (χ1n) is 8.70. The van der Waals surface area contributed by atoms with Gasteiger partial charge in [0.2, 0.25) is 5.91 Å². The van der Waals surface area contributed by atoms with Crippen molar-refractivity contribution in [2.45, 2.75) is 25.7 Å². The smallest absolute Gasteiger partial charge is 0.222 e. The SMILES string of the molecule is NCCCCCNC(=O)CCOCCOCCOCCOCCS. The zero-order chi connectivity index (χ0) is 17.7. The maximum atomic E-state index is 11.5. The summed E-state index contributed by atoms with van der Waals surface area (Å²) >= 11 is 4.04. The Hall–Kier alpha value is -0.380. The van der Waals surface area contributed by atoms with Crippen LogP contribution in [0.15, 0.2) is 0 Å². The Balaban J connectivity index is 3.10. The minimum atomic E-state index is 0.0252. The van der Waals surface area contributed by atoms with Gasteiger partial charge in [0.25, 0.3) is 0 Å². The fourth-order valence-corrected chi connectivity index (χ4v) is 1.88. The number of nitrogens with one attached hydrogen (secondary N) is 1. The second-order valence-electron chi connectivity index (χ2n) is 5.12. The van der Waals surface area contributed by atoms with E-state index in [1.807, 2.05) is 0 Å². The van der Waals surface area contributed by atoms with E-state index in [1.165, 1.54) is 0 Å². The molecule has 0 aliphatic rings. The lowest BCUT2D eigenvalue weighted by Gasteiger charge is -2.07. The summed E-state index contributed by atoms with van der Waals surface area (Å²) in [4.78, 5) is 11.5. The molecule has 0 bridgehead atoms. The van der Waals surface area contributed by atoms with E-state index >= 15 is 0 Å². The molecule has 0 aromatic heterocycles. The minimum Gasteiger partial charge on any atom is -0.379 e. The monoisotopic (exact) mass is 366 g/mol. The van der Waals surface area contributed by atoms with E-state index in [0.717, 1.165) is 25.0 Å². The summed E-state index contributed by atoms with van der Waals surface area (Å²) in [5.74, 6) is 0.747. The van der Waals surface area contributed by atoms with Crippen LogP contribution in [0.5, 0.6) is 0 Å². The van der Waals surface area contributed by atoms with Crippen LogP contribution < -0.4 is 11.1 Å². The first-order chi connectivity index (χ1) is 11.8. The van der Waals surface area contributed by atoms with Gasteiger partial charge in [0.1, 0.15) is 0 Å². The summed E-state index contributed by atoms with van der Waals surface area (Å²) in [6, 6.07) is 0. The quantitative estimate of drug-likeness (QED) is 0.229. The Labute approximate surface area is 151 Å². The van der Waals surface area contributed by atoms with Crippen molar-refractivity contribution >= 4 is 18.5 Å². The van der Waals surface area contributed by atoms with Crippen molar-refractivity contribution in [3.8, 4) is 0 Å². The molecule has 0 heterocycles. The van der Waals surface area contributed by atoms with Crippen LogP contribution in [0.3, 0.4) is 0 Å². The Morgan fingerprint density at radius 1 is 0.792 bits per heavy atom. The van der Waals surface area contributed by atoms with Gasteiger partial charge in [-0.2, -0.15) is 12.6 Å². The van der Waals surface area contributed by atoms with Crippen molar-refractivity contribution in [1.29, 1.82) is 0 Å². The van der Waals surface area contributed by atoms with Gasteiger partial charge in [0.15, 0.2) is 0 Å². The first-order valence-corrected chi connectivity index (χ1v) is 9.33. The maximum Gasteiger partial charge on any atom is 0.222 e. The molecule has 3 N–H and O–H groups in total. The number of hydrogen-bond acceptors (Lipinski definition) is 7. The zero-order valence-electron chi connectivity index (χ0n) is 14.7. The minimum absolute atomic E-state index is 0.0252. The van der Waals surface area contributed by atoms with Crippen molar-refractivity contribution in [3.05, 3.63) is 0 Å². The number of hydrogen-bond donors (Lipinski definition) is 3. The number of rotatable bonds is 19. The highest BCUT2D eigenvalue weighted by molar-refractivity contribution is 7.80. The molecular formula is C16H34N2O5S. The molecule has 0 aliphatic heterocycles. The van der Waals surface area contributed by atoms with Crippen molar-refractivity contribution in [2.24, 2.45) is 5.73 Å². The molecule has 0 aromatic carbocycles. The fraction of sp³-hybridized carbons (Fsp3) is 0.938. The molecule has 0 unspecified atom stereocenters. The second-order valence-corrected chi connectivity index (χ2v) is 5.57. The van der Waals surface area contributed by atoms with Crippen molar-refractivity contribution in [2.75, 3.05) is 71.7 Å². The number of thiol groups is 1. The Morgan fingerprint density at radius 2 is 1.33 bits per heavy atom. The molecule has 144 valence electrons. The van der Waals surface area contributed by atoms with Gasteiger partial charge >= 0.3 is 0 Å². The van der Waals surface area contributed by atoms with Crippen LogP contribution in [0, 0.1) is 0 Å². The number of amides is 1. The van der Waals surface area contributed by atoms with E-state index in [-0.39, 0.29) is 5.91 Å². The summed E-state index contributed by atoms with van der Waals surface area (Å²) in [6.07, 6.45) is 3.41. The zero-order valence-corrected chi connectivity index (χ0v) is 15.6. The third kappa shape index (κ3) is 19.7. The summed E-state index contributed by atoms with van der Waals surface area (Å²) in [5, 5.41) is 2.86. The lowest BCUT2D eigenvalue weighted by atomic mass is 10.2. The molecule has 24 heavy (non-hydrogen) atoms. The number of nitrogens with two attached hydrogens (primary N) is 1. The Bertz CT molecular complexity index is 273. The van der Waals surface area contributed by atoms with E-state index in [2.05, 4.69) is 17.9 Å². The third-order valence-electron chi connectivity index (χ3n) is 3.03. The fourth-order valence-electron chi connectivity index (χ4n) is 1.75. The van der Waals surface area contributed by atoms with Crippen molar-refractivity contribution in [1.82, 2.24) is 5.32 Å². The standard InChI is InChI=1S/C16H34N2O5S/c17-5-2-1-3-6-18-16(19)4-7-20-8-9-21-10-11-22-12-13-23-14-15-24/h24H,1-15,17H2,(H,18,19). The van der Waals surface area contributed by atoms with E-state index in [4.69, 9.17) is 24.7 Å². The Kier molecular flexibility index (Phi) is 20.3. The molecule has 0 atom stereocenters. The van der Waals surface area contributed by atoms with Gasteiger partial charge in [-0.05, 0) is 19.4 Å². The molecule has 8 heteroatoms. The van der Waals surface area contributed by atoms with Crippen molar-refractivity contribution in [3.63, 3.8) is 0 Å². The summed E-state index contributed by atoms with van der Waals surface area (Å²) in [5.41, 5.74) is 5.40. The van der Waals surface area contributed by atoms with Crippen LogP contribution >= 0.6 is 12.6 Å². The normalized spacial score (nSPS) is 10.9. The molecule has 0 fully saturated rings. The van der Waals surface area contributed by atoms with Gasteiger partial charge in [-0.1, -0.05) is 6.42 Å². The molecule has 0 radical (unpaired) electrons. The lowest BCUT2D eigenvalue weighted by Crippen LogP contribution is -2.25. The molecule has 0 saturated heterocycles. The molecular weight excluding hydrogens is 332 g/mol. The van der Waals surface area contributed by atoms with Gasteiger partial charge in [-0.25, -0.2) is 0 Å². The molecule has 0 rings (SSSR count). The van der Waals surface area contributed by atoms with E-state index in [1.54, 1.807) is 0 Å². The highest BCUT2D eigenvalue weighted by Crippen LogP contribution is 1.92. The van der Waals surface area contributed by atoms with Crippen LogP contribution in [0.2, 0.25) is 0 Å². The van der Waals surface area contributed by atoms with Gasteiger partial charge in [-0.15, -0.1) is 0 Å². The third-order valence-corrected chi connectivity index (χ3v) is 3.21. The average molecular weight is 367 g/mol. The highest BCUT2D eigenvalue weighted by Gasteiger charge is 2.00. The number of ether oxygens (including phenoxy) is 4. The van der Waals surface area contributed by atoms with Crippen LogP contribution in [0.1, 0.15) is 25.7 Å². The summed E-state index contributed by atoms with van der Waals surface area (Å²) in [6.45, 7) is 5.67. The topological polar surface area (TPSA) is 92.0 Å². The van der Waals surface area contributed by atoms with Gasteiger partial charge in [0, 0.05) is 18.7 Å². The number of carbonyl (C=O) groups is 1. The predicted molar refractivity (Wildman–Crippen MR) is 97.7 cm³/mol. The lowest BCUT2D eigenvalue weighted by molar-refractivity contribution is -0.122. The van der Waals surface area contributed by atoms with Crippen LogP contribution in [0.25, 0.3) is 0 Å². The van der Waals surface area contributed by atoms with Gasteiger partial charge < -0.3 is 30.0 Å². The molecule has 0 aromatic rings. The molecule has 7 nitrogen and oxygen atoms in total. The highest BCUT2D eigenvalue weighted by atomic mass is 32.1. The van der Waals surface area contributed by atoms with Crippen molar-refractivity contribution < 1.29 is 23.7 Å². The number of unbranched alkanes of at least 4 members (excludes halogenated alkanes) is 2. The second kappa shape index (κ2) is 20.7. The Morgan fingerprint density at radius 3 is 1.88 bits per heavy atom. The molecule has 0 saturated carbocycles. The predicted octanol–water partition coefficient (Wildman–Crippen LogP) is 0.618. The van der Waals surface area contributed by atoms with Crippen LogP contribution in [0.4, 0.5) is 0 Å². The summed E-state index contributed by atoms with van der Waals surface area (Å²) < 4.78 is 21.2. The van der Waals surface area contributed by atoms with E-state index < -0.39 is 0 Å². The van der Waals surface area contributed by atoms with E-state index in [9.17, 15) is 4.79 Å². The van der Waals surface area contributed by atoms with E-state index in [0.29, 0.717) is 72.4 Å². The number of carbonyl (C=O) groups excluding carboxylic acids is 1. The van der Waals surface area contributed by atoms with Gasteiger partial charge in [0.05, 0.1) is 52.9 Å². The largest absolute Gasteiger partial charge is 0.379 e. The summed E-state index contributed by atoms with van der Waals surface area (Å²) in [7, 11) is 0. The van der Waals surface area contributed by atoms with Crippen LogP contribution in [-0.4, -0.2) is 77.6 Å². The first kappa shape index (κ1) is 23.6. The average Bonchev–Trinajstić information content (AvgIpc) is 2.59. The van der Waals surface area contributed by atoms with Crippen LogP contribution in [-0.2, 0) is 23.7 Å². The molecule has 0 aliphatic carbocycles. The maximum absolute atomic E-state index is 11.5.